The first kappa shape index (κ1) is 10.4. The second kappa shape index (κ2) is 4.14. The Labute approximate surface area is 87.0 Å². The molecule has 1 aliphatic rings. The Hall–Kier alpha value is -1.17. The lowest BCUT2D eigenvalue weighted by molar-refractivity contribution is -0.0226. The number of aliphatic hydroxyl groups excluding tert-OH is 2. The Balaban J connectivity index is 2.10. The lowest BCUT2D eigenvalue weighted by Crippen LogP contribution is -2.24. The molecule has 0 aromatic carbocycles. The Bertz CT molecular complexity index is 327. The number of nitrogens with zero attached hydrogens (tertiary/aromatic N) is 1. The van der Waals surface area contributed by atoms with Gasteiger partial charge in [0.25, 0.3) is 0 Å². The summed E-state index contributed by atoms with van der Waals surface area (Å²) in [5.74, 6) is -0.0454. The molecule has 3 N–H and O–H groups in total. The maximum absolute atomic E-state index is 9.52. The molecular formula is C10H13NO4. The molecule has 1 saturated heterocycles. The Morgan fingerprint density at radius 3 is 2.80 bits per heavy atom. The topological polar surface area (TPSA) is 82.8 Å². The molecule has 1 aromatic rings. The summed E-state index contributed by atoms with van der Waals surface area (Å²) in [6.07, 6.45) is 0.521. The van der Waals surface area contributed by atoms with Crippen LogP contribution in [0.15, 0.2) is 18.3 Å². The van der Waals surface area contributed by atoms with Crippen LogP contribution in [0.4, 0.5) is 0 Å². The van der Waals surface area contributed by atoms with Gasteiger partial charge in [0.15, 0.2) is 0 Å². The van der Waals surface area contributed by atoms with Crippen LogP contribution in [0.3, 0.4) is 0 Å². The SMILES string of the molecule is OC[C@H]1O[C@@H](c2ccc(O)nc2)CC1O. The van der Waals surface area contributed by atoms with Crippen LogP contribution in [0.1, 0.15) is 18.1 Å². The van der Waals surface area contributed by atoms with Crippen molar-refractivity contribution in [3.8, 4) is 5.88 Å². The van der Waals surface area contributed by atoms with Crippen LogP contribution in [0.25, 0.3) is 0 Å². The summed E-state index contributed by atoms with van der Waals surface area (Å²) in [5.41, 5.74) is 0.794. The number of aromatic nitrogens is 1. The summed E-state index contributed by atoms with van der Waals surface area (Å²) in [4.78, 5) is 3.73. The lowest BCUT2D eigenvalue weighted by Gasteiger charge is -2.11. The number of ether oxygens (including phenoxy) is 1. The molecule has 5 heteroatoms. The highest BCUT2D eigenvalue weighted by Crippen LogP contribution is 2.32. The van der Waals surface area contributed by atoms with Crippen LogP contribution in [-0.2, 0) is 4.74 Å². The average Bonchev–Trinajstić information content (AvgIpc) is 2.61. The van der Waals surface area contributed by atoms with Gasteiger partial charge in [0, 0.05) is 18.7 Å². The molecule has 0 spiro atoms. The minimum Gasteiger partial charge on any atom is -0.493 e. The van der Waals surface area contributed by atoms with E-state index in [-0.39, 0.29) is 18.6 Å². The molecule has 0 saturated carbocycles. The van der Waals surface area contributed by atoms with Crippen molar-refractivity contribution in [2.24, 2.45) is 0 Å². The molecule has 0 amide bonds. The van der Waals surface area contributed by atoms with E-state index in [4.69, 9.17) is 14.9 Å². The summed E-state index contributed by atoms with van der Waals surface area (Å²) in [6, 6.07) is 3.16. The van der Waals surface area contributed by atoms with Gasteiger partial charge in [-0.15, -0.1) is 0 Å². The molecule has 1 aliphatic heterocycles. The Morgan fingerprint density at radius 2 is 2.27 bits per heavy atom. The van der Waals surface area contributed by atoms with Gasteiger partial charge in [0.2, 0.25) is 5.88 Å². The molecule has 1 unspecified atom stereocenters. The van der Waals surface area contributed by atoms with E-state index in [0.29, 0.717) is 6.42 Å². The number of aliphatic hydroxyl groups is 2. The molecule has 1 aromatic heterocycles. The molecule has 1 fully saturated rings. The van der Waals surface area contributed by atoms with Gasteiger partial charge in [-0.25, -0.2) is 4.98 Å². The quantitative estimate of drug-likeness (QED) is 0.640. The molecule has 0 aliphatic carbocycles. The Morgan fingerprint density at radius 1 is 1.47 bits per heavy atom. The van der Waals surface area contributed by atoms with E-state index in [2.05, 4.69) is 4.98 Å². The van der Waals surface area contributed by atoms with E-state index >= 15 is 0 Å². The fourth-order valence-corrected chi connectivity index (χ4v) is 1.70. The van der Waals surface area contributed by atoms with Crippen molar-refractivity contribution in [1.82, 2.24) is 4.98 Å². The van der Waals surface area contributed by atoms with Crippen LogP contribution in [-0.4, -0.2) is 39.1 Å². The van der Waals surface area contributed by atoms with Crippen molar-refractivity contribution in [2.75, 3.05) is 6.61 Å². The first-order chi connectivity index (χ1) is 7.20. The third-order valence-electron chi connectivity index (χ3n) is 2.55. The maximum Gasteiger partial charge on any atom is 0.210 e. The van der Waals surface area contributed by atoms with Gasteiger partial charge in [0.05, 0.1) is 18.8 Å². The molecular weight excluding hydrogens is 198 g/mol. The number of aromatic hydroxyl groups is 1. The molecule has 5 nitrogen and oxygen atoms in total. The first-order valence-electron chi connectivity index (χ1n) is 4.80. The van der Waals surface area contributed by atoms with Crippen molar-refractivity contribution in [2.45, 2.75) is 24.7 Å². The van der Waals surface area contributed by atoms with Gasteiger partial charge < -0.3 is 20.1 Å². The molecule has 2 heterocycles. The second-order valence-corrected chi connectivity index (χ2v) is 3.60. The van der Waals surface area contributed by atoms with Gasteiger partial charge in [-0.2, -0.15) is 0 Å². The van der Waals surface area contributed by atoms with Gasteiger partial charge >= 0.3 is 0 Å². The number of hydrogen-bond acceptors (Lipinski definition) is 5. The summed E-state index contributed by atoms with van der Waals surface area (Å²) >= 11 is 0. The third kappa shape index (κ3) is 2.09. The standard InChI is InChI=1S/C10H13NO4/c12-5-9-7(13)3-8(15-9)6-1-2-10(14)11-4-6/h1-2,4,7-9,12-13H,3,5H2,(H,11,14)/t7?,8-,9-/m1/s1. The predicted octanol–water partition coefficient (Wildman–Crippen LogP) is -0.0296. The van der Waals surface area contributed by atoms with E-state index in [1.54, 1.807) is 6.07 Å². The van der Waals surface area contributed by atoms with E-state index < -0.39 is 12.2 Å². The summed E-state index contributed by atoms with van der Waals surface area (Å²) in [6.45, 7) is -0.191. The zero-order valence-electron chi connectivity index (χ0n) is 8.08. The molecule has 0 radical (unpaired) electrons. The normalized spacial score (nSPS) is 30.7. The first-order valence-corrected chi connectivity index (χ1v) is 4.80. The van der Waals surface area contributed by atoms with Crippen LogP contribution >= 0.6 is 0 Å². The third-order valence-corrected chi connectivity index (χ3v) is 2.55. The van der Waals surface area contributed by atoms with Gasteiger partial charge in [-0.1, -0.05) is 0 Å². The summed E-state index contributed by atoms with van der Waals surface area (Å²) in [7, 11) is 0. The second-order valence-electron chi connectivity index (χ2n) is 3.60. The highest BCUT2D eigenvalue weighted by atomic mass is 16.5. The minimum absolute atomic E-state index is 0.0454. The molecule has 2 rings (SSSR count). The van der Waals surface area contributed by atoms with Crippen LogP contribution < -0.4 is 0 Å². The molecule has 82 valence electrons. The zero-order valence-corrected chi connectivity index (χ0v) is 8.08. The lowest BCUT2D eigenvalue weighted by atomic mass is 10.1. The molecule has 3 atom stereocenters. The average molecular weight is 211 g/mol. The number of pyridine rings is 1. The highest BCUT2D eigenvalue weighted by molar-refractivity contribution is 5.20. The van der Waals surface area contributed by atoms with Crippen molar-refractivity contribution in [1.29, 1.82) is 0 Å². The summed E-state index contributed by atoms with van der Waals surface area (Å²) < 4.78 is 5.43. The van der Waals surface area contributed by atoms with Crippen LogP contribution in [0.5, 0.6) is 5.88 Å². The van der Waals surface area contributed by atoms with Crippen molar-refractivity contribution in [3.63, 3.8) is 0 Å². The highest BCUT2D eigenvalue weighted by Gasteiger charge is 2.34. The van der Waals surface area contributed by atoms with Crippen molar-refractivity contribution >= 4 is 0 Å². The largest absolute Gasteiger partial charge is 0.493 e. The fourth-order valence-electron chi connectivity index (χ4n) is 1.70. The van der Waals surface area contributed by atoms with E-state index in [1.807, 2.05) is 0 Å². The predicted molar refractivity (Wildman–Crippen MR) is 51.2 cm³/mol. The van der Waals surface area contributed by atoms with Gasteiger partial charge in [-0.05, 0) is 11.6 Å². The zero-order chi connectivity index (χ0) is 10.8. The van der Waals surface area contributed by atoms with Gasteiger partial charge in [0.1, 0.15) is 6.10 Å². The van der Waals surface area contributed by atoms with Gasteiger partial charge in [-0.3, -0.25) is 0 Å². The Kier molecular flexibility index (Phi) is 2.86. The number of hydrogen-bond donors (Lipinski definition) is 3. The van der Waals surface area contributed by atoms with E-state index in [9.17, 15) is 5.11 Å². The molecule has 0 bridgehead atoms. The number of rotatable bonds is 2. The maximum atomic E-state index is 9.52. The van der Waals surface area contributed by atoms with Crippen molar-refractivity contribution < 1.29 is 20.1 Å². The van der Waals surface area contributed by atoms with E-state index in [0.717, 1.165) is 5.56 Å². The van der Waals surface area contributed by atoms with Crippen LogP contribution in [0, 0.1) is 0 Å². The fraction of sp³-hybridized carbons (Fsp3) is 0.500. The monoisotopic (exact) mass is 211 g/mol. The smallest absolute Gasteiger partial charge is 0.210 e. The molecule has 15 heavy (non-hydrogen) atoms. The summed E-state index contributed by atoms with van der Waals surface area (Å²) in [5, 5.41) is 27.4. The van der Waals surface area contributed by atoms with Crippen molar-refractivity contribution in [3.05, 3.63) is 23.9 Å². The van der Waals surface area contributed by atoms with Crippen LogP contribution in [0.2, 0.25) is 0 Å². The minimum atomic E-state index is -0.645. The van der Waals surface area contributed by atoms with E-state index in [1.165, 1.54) is 12.3 Å².